The fourth-order valence-corrected chi connectivity index (χ4v) is 2.25. The van der Waals surface area contributed by atoms with E-state index >= 15 is 0 Å². The average Bonchev–Trinajstić information content (AvgIpc) is 2.46. The lowest BCUT2D eigenvalue weighted by atomic mass is 10.1. The predicted octanol–water partition coefficient (Wildman–Crippen LogP) is 2.70. The SMILES string of the molecule is CCCNCCc1c(C)nc(-c2ccncc2)nc1C. The first kappa shape index (κ1) is 14.6. The Morgan fingerprint density at radius 1 is 1.00 bits per heavy atom. The summed E-state index contributed by atoms with van der Waals surface area (Å²) in [5.41, 5.74) is 4.42. The fraction of sp³-hybridized carbons (Fsp3) is 0.438. The number of hydrogen-bond acceptors (Lipinski definition) is 4. The molecule has 0 amide bonds. The highest BCUT2D eigenvalue weighted by atomic mass is 14.9. The summed E-state index contributed by atoms with van der Waals surface area (Å²) in [5, 5.41) is 3.42. The molecule has 0 saturated carbocycles. The van der Waals surface area contributed by atoms with Crippen LogP contribution in [0.2, 0.25) is 0 Å². The molecule has 0 aliphatic heterocycles. The molecule has 2 heterocycles. The van der Waals surface area contributed by atoms with Crippen LogP contribution in [0.3, 0.4) is 0 Å². The largest absolute Gasteiger partial charge is 0.316 e. The van der Waals surface area contributed by atoms with E-state index in [0.29, 0.717) is 0 Å². The van der Waals surface area contributed by atoms with Crippen LogP contribution in [-0.2, 0) is 6.42 Å². The van der Waals surface area contributed by atoms with Crippen molar-refractivity contribution in [2.24, 2.45) is 0 Å². The van der Waals surface area contributed by atoms with Gasteiger partial charge < -0.3 is 5.32 Å². The molecule has 2 aromatic rings. The fourth-order valence-electron chi connectivity index (χ4n) is 2.25. The average molecular weight is 270 g/mol. The first-order valence-electron chi connectivity index (χ1n) is 7.17. The lowest BCUT2D eigenvalue weighted by molar-refractivity contribution is 0.666. The molecular formula is C16H22N4. The third-order valence-electron chi connectivity index (χ3n) is 3.34. The second kappa shape index (κ2) is 7.10. The highest BCUT2D eigenvalue weighted by molar-refractivity contribution is 5.54. The minimum Gasteiger partial charge on any atom is -0.316 e. The molecular weight excluding hydrogens is 248 g/mol. The van der Waals surface area contributed by atoms with E-state index in [2.05, 4.69) is 41.0 Å². The Labute approximate surface area is 120 Å². The molecule has 0 radical (unpaired) electrons. The summed E-state index contributed by atoms with van der Waals surface area (Å²) in [7, 11) is 0. The molecule has 106 valence electrons. The van der Waals surface area contributed by atoms with Crippen molar-refractivity contribution in [2.75, 3.05) is 13.1 Å². The first-order valence-corrected chi connectivity index (χ1v) is 7.17. The number of hydrogen-bond donors (Lipinski definition) is 1. The minimum atomic E-state index is 0.785. The molecule has 0 saturated heterocycles. The van der Waals surface area contributed by atoms with Crippen LogP contribution in [0, 0.1) is 13.8 Å². The van der Waals surface area contributed by atoms with Crippen LogP contribution >= 0.6 is 0 Å². The van der Waals surface area contributed by atoms with Crippen molar-refractivity contribution in [1.82, 2.24) is 20.3 Å². The van der Waals surface area contributed by atoms with E-state index in [0.717, 1.165) is 48.7 Å². The molecule has 0 atom stereocenters. The van der Waals surface area contributed by atoms with Gasteiger partial charge in [-0.25, -0.2) is 9.97 Å². The van der Waals surface area contributed by atoms with Crippen LogP contribution in [0.4, 0.5) is 0 Å². The maximum Gasteiger partial charge on any atom is 0.159 e. The smallest absolute Gasteiger partial charge is 0.159 e. The summed E-state index contributed by atoms with van der Waals surface area (Å²) in [6.45, 7) is 8.35. The second-order valence-corrected chi connectivity index (χ2v) is 4.93. The van der Waals surface area contributed by atoms with Gasteiger partial charge in [-0.15, -0.1) is 0 Å². The van der Waals surface area contributed by atoms with Crippen LogP contribution in [0.15, 0.2) is 24.5 Å². The van der Waals surface area contributed by atoms with Crippen molar-refractivity contribution in [1.29, 1.82) is 0 Å². The molecule has 0 aliphatic rings. The Morgan fingerprint density at radius 2 is 1.65 bits per heavy atom. The zero-order chi connectivity index (χ0) is 14.4. The summed E-state index contributed by atoms with van der Waals surface area (Å²) in [4.78, 5) is 13.3. The molecule has 0 aromatic carbocycles. The number of nitrogens with zero attached hydrogens (tertiary/aromatic N) is 3. The lowest BCUT2D eigenvalue weighted by Crippen LogP contribution is -2.19. The van der Waals surface area contributed by atoms with Crippen molar-refractivity contribution in [3.05, 3.63) is 41.5 Å². The van der Waals surface area contributed by atoms with Crippen molar-refractivity contribution in [2.45, 2.75) is 33.6 Å². The van der Waals surface area contributed by atoms with Crippen LogP contribution in [-0.4, -0.2) is 28.0 Å². The molecule has 0 unspecified atom stereocenters. The molecule has 2 rings (SSSR count). The Kier molecular flexibility index (Phi) is 5.18. The molecule has 4 nitrogen and oxygen atoms in total. The van der Waals surface area contributed by atoms with Gasteiger partial charge in [0, 0.05) is 29.3 Å². The Morgan fingerprint density at radius 3 is 2.25 bits per heavy atom. The van der Waals surface area contributed by atoms with Gasteiger partial charge >= 0.3 is 0 Å². The third-order valence-corrected chi connectivity index (χ3v) is 3.34. The van der Waals surface area contributed by atoms with E-state index < -0.39 is 0 Å². The Hall–Kier alpha value is -1.81. The Bertz CT molecular complexity index is 529. The first-order chi connectivity index (χ1) is 9.72. The Balaban J connectivity index is 2.17. The number of rotatable bonds is 6. The van der Waals surface area contributed by atoms with Crippen molar-refractivity contribution >= 4 is 0 Å². The predicted molar refractivity (Wildman–Crippen MR) is 81.6 cm³/mol. The molecule has 0 bridgehead atoms. The highest BCUT2D eigenvalue weighted by Gasteiger charge is 2.09. The van der Waals surface area contributed by atoms with Gasteiger partial charge in [-0.1, -0.05) is 6.92 Å². The van der Waals surface area contributed by atoms with Gasteiger partial charge in [0.25, 0.3) is 0 Å². The highest BCUT2D eigenvalue weighted by Crippen LogP contribution is 2.18. The quantitative estimate of drug-likeness (QED) is 0.820. The normalized spacial score (nSPS) is 10.8. The molecule has 0 fully saturated rings. The molecule has 20 heavy (non-hydrogen) atoms. The molecule has 1 N–H and O–H groups in total. The van der Waals surface area contributed by atoms with Crippen molar-refractivity contribution in [3.63, 3.8) is 0 Å². The third kappa shape index (κ3) is 3.61. The maximum absolute atomic E-state index is 4.64. The van der Waals surface area contributed by atoms with Gasteiger partial charge in [0.1, 0.15) is 0 Å². The minimum absolute atomic E-state index is 0.785. The van der Waals surface area contributed by atoms with Crippen LogP contribution in [0.1, 0.15) is 30.3 Å². The van der Waals surface area contributed by atoms with E-state index in [1.165, 1.54) is 5.56 Å². The standard InChI is InChI=1S/C16H22N4/c1-4-8-17-11-7-15-12(2)19-16(20-13(15)3)14-5-9-18-10-6-14/h5-6,9-10,17H,4,7-8,11H2,1-3H3. The van der Waals surface area contributed by atoms with Crippen molar-refractivity contribution < 1.29 is 0 Å². The van der Waals surface area contributed by atoms with Crippen LogP contribution in [0.25, 0.3) is 11.4 Å². The summed E-state index contributed by atoms with van der Waals surface area (Å²) >= 11 is 0. The van der Waals surface area contributed by atoms with Crippen LogP contribution < -0.4 is 5.32 Å². The van der Waals surface area contributed by atoms with Gasteiger partial charge in [0.2, 0.25) is 0 Å². The maximum atomic E-state index is 4.64. The van der Waals surface area contributed by atoms with E-state index in [1.54, 1.807) is 12.4 Å². The van der Waals surface area contributed by atoms with E-state index in [4.69, 9.17) is 0 Å². The molecule has 0 aliphatic carbocycles. The van der Waals surface area contributed by atoms with Gasteiger partial charge in [-0.2, -0.15) is 0 Å². The number of aryl methyl sites for hydroxylation is 2. The van der Waals surface area contributed by atoms with Gasteiger partial charge in [-0.3, -0.25) is 4.98 Å². The van der Waals surface area contributed by atoms with Gasteiger partial charge in [0.15, 0.2) is 5.82 Å². The lowest BCUT2D eigenvalue weighted by Gasteiger charge is -2.11. The monoisotopic (exact) mass is 270 g/mol. The number of nitrogens with one attached hydrogen (secondary N) is 1. The molecule has 0 spiro atoms. The molecule has 4 heteroatoms. The van der Waals surface area contributed by atoms with Gasteiger partial charge in [0.05, 0.1) is 0 Å². The zero-order valence-corrected chi connectivity index (χ0v) is 12.5. The second-order valence-electron chi connectivity index (χ2n) is 4.93. The summed E-state index contributed by atoms with van der Waals surface area (Å²) < 4.78 is 0. The van der Waals surface area contributed by atoms with E-state index in [9.17, 15) is 0 Å². The number of pyridine rings is 1. The summed E-state index contributed by atoms with van der Waals surface area (Å²) in [6, 6.07) is 3.88. The van der Waals surface area contributed by atoms with Crippen molar-refractivity contribution in [3.8, 4) is 11.4 Å². The van der Waals surface area contributed by atoms with E-state index in [1.807, 2.05) is 12.1 Å². The van der Waals surface area contributed by atoms with Crippen LogP contribution in [0.5, 0.6) is 0 Å². The van der Waals surface area contributed by atoms with E-state index in [-0.39, 0.29) is 0 Å². The zero-order valence-electron chi connectivity index (χ0n) is 12.5. The summed E-state index contributed by atoms with van der Waals surface area (Å²) in [5.74, 6) is 0.785. The molecule has 2 aromatic heterocycles. The number of aromatic nitrogens is 3. The van der Waals surface area contributed by atoms with Gasteiger partial charge in [-0.05, 0) is 57.5 Å². The topological polar surface area (TPSA) is 50.7 Å². The summed E-state index contributed by atoms with van der Waals surface area (Å²) in [6.07, 6.45) is 5.68.